The van der Waals surface area contributed by atoms with E-state index in [0.717, 1.165) is 26.2 Å². The van der Waals surface area contributed by atoms with Gasteiger partial charge in [-0.1, -0.05) is 6.07 Å². The molecule has 0 aromatic heterocycles. The maximum Gasteiger partial charge on any atom is 0.160 e. The summed E-state index contributed by atoms with van der Waals surface area (Å²) in [6.45, 7) is 6.60. The van der Waals surface area contributed by atoms with Crippen molar-refractivity contribution in [1.82, 2.24) is 9.80 Å². The summed E-state index contributed by atoms with van der Waals surface area (Å²) in [4.78, 5) is 4.81. The lowest BCUT2D eigenvalue weighted by Gasteiger charge is -2.36. The lowest BCUT2D eigenvalue weighted by molar-refractivity contribution is 0.119. The number of piperazine rings is 1. The van der Waals surface area contributed by atoms with E-state index in [9.17, 15) is 5.11 Å². The summed E-state index contributed by atoms with van der Waals surface area (Å²) < 4.78 is 5.16. The molecule has 0 radical (unpaired) electrons. The summed E-state index contributed by atoms with van der Waals surface area (Å²) in [5, 5.41) is 9.62. The van der Waals surface area contributed by atoms with Crippen LogP contribution >= 0.6 is 0 Å². The number of ether oxygens (including phenoxy) is 1. The molecule has 18 heavy (non-hydrogen) atoms. The summed E-state index contributed by atoms with van der Waals surface area (Å²) in [6, 6.07) is 5.97. The minimum absolute atomic E-state index is 0.201. The number of phenols is 1. The first-order valence-electron chi connectivity index (χ1n) is 6.41. The number of methoxy groups -OCH3 is 1. The van der Waals surface area contributed by atoms with E-state index in [0.29, 0.717) is 11.8 Å². The molecule has 0 saturated carbocycles. The molecule has 0 bridgehead atoms. The predicted octanol–water partition coefficient (Wildman–Crippen LogP) is 1.71. The highest BCUT2D eigenvalue weighted by molar-refractivity contribution is 5.42. The standard InChI is InChI=1S/C14H22N2O2/c1-11(16-8-6-15(2)7-9-16)12-4-5-13(17)14(10-12)18-3/h4-5,10-11,17H,6-9H2,1-3H3. The minimum atomic E-state index is 0.201. The van der Waals surface area contributed by atoms with Gasteiger partial charge in [0, 0.05) is 32.2 Å². The molecule has 1 heterocycles. The van der Waals surface area contributed by atoms with Crippen molar-refractivity contribution in [3.63, 3.8) is 0 Å². The Kier molecular flexibility index (Phi) is 4.09. The van der Waals surface area contributed by atoms with Crippen LogP contribution in [0.3, 0.4) is 0 Å². The summed E-state index contributed by atoms with van der Waals surface area (Å²) in [6.07, 6.45) is 0. The molecule has 0 spiro atoms. The second kappa shape index (κ2) is 5.59. The van der Waals surface area contributed by atoms with Gasteiger partial charge in [0.25, 0.3) is 0 Å². The Morgan fingerprint density at radius 2 is 1.89 bits per heavy atom. The van der Waals surface area contributed by atoms with E-state index >= 15 is 0 Å². The topological polar surface area (TPSA) is 35.9 Å². The molecule has 1 aromatic rings. The summed E-state index contributed by atoms with van der Waals surface area (Å²) in [5.74, 6) is 0.750. The average Bonchev–Trinajstić information content (AvgIpc) is 2.39. The van der Waals surface area contributed by atoms with Gasteiger partial charge in [0.2, 0.25) is 0 Å². The van der Waals surface area contributed by atoms with Crippen molar-refractivity contribution in [1.29, 1.82) is 0 Å². The number of phenolic OH excluding ortho intramolecular Hbond substituents is 1. The summed E-state index contributed by atoms with van der Waals surface area (Å²) in [7, 11) is 3.74. The Hall–Kier alpha value is -1.26. The van der Waals surface area contributed by atoms with Gasteiger partial charge in [0.15, 0.2) is 11.5 Å². The van der Waals surface area contributed by atoms with Crippen LogP contribution in [-0.4, -0.2) is 55.2 Å². The monoisotopic (exact) mass is 250 g/mol. The lowest BCUT2D eigenvalue weighted by atomic mass is 10.1. The predicted molar refractivity (Wildman–Crippen MR) is 72.1 cm³/mol. The van der Waals surface area contributed by atoms with Gasteiger partial charge in [-0.2, -0.15) is 0 Å². The molecule has 4 nitrogen and oxygen atoms in total. The Labute approximate surface area is 109 Å². The van der Waals surface area contributed by atoms with Crippen molar-refractivity contribution >= 4 is 0 Å². The van der Waals surface area contributed by atoms with Crippen molar-refractivity contribution in [2.75, 3.05) is 40.3 Å². The second-order valence-electron chi connectivity index (χ2n) is 4.95. The molecule has 1 aliphatic rings. The molecule has 1 fully saturated rings. The zero-order valence-electron chi connectivity index (χ0n) is 11.4. The Bertz CT molecular complexity index is 401. The third-order valence-electron chi connectivity index (χ3n) is 3.77. The van der Waals surface area contributed by atoms with Gasteiger partial charge in [0.05, 0.1) is 7.11 Å². The van der Waals surface area contributed by atoms with E-state index < -0.39 is 0 Å². The normalized spacial score (nSPS) is 19.7. The van der Waals surface area contributed by atoms with Crippen molar-refractivity contribution < 1.29 is 9.84 Å². The fraction of sp³-hybridized carbons (Fsp3) is 0.571. The van der Waals surface area contributed by atoms with Crippen LogP contribution < -0.4 is 4.74 Å². The van der Waals surface area contributed by atoms with Gasteiger partial charge in [-0.3, -0.25) is 4.90 Å². The molecule has 1 atom stereocenters. The van der Waals surface area contributed by atoms with Crippen LogP contribution in [0, 0.1) is 0 Å². The Morgan fingerprint density at radius 1 is 1.22 bits per heavy atom. The highest BCUT2D eigenvalue weighted by Crippen LogP contribution is 2.31. The number of hydrogen-bond acceptors (Lipinski definition) is 4. The van der Waals surface area contributed by atoms with Crippen molar-refractivity contribution in [2.45, 2.75) is 13.0 Å². The minimum Gasteiger partial charge on any atom is -0.504 e. The van der Waals surface area contributed by atoms with Crippen molar-refractivity contribution in [3.05, 3.63) is 23.8 Å². The average molecular weight is 250 g/mol. The maximum atomic E-state index is 9.62. The molecule has 1 saturated heterocycles. The lowest BCUT2D eigenvalue weighted by Crippen LogP contribution is -2.45. The Balaban J connectivity index is 2.10. The number of rotatable bonds is 3. The fourth-order valence-electron chi connectivity index (χ4n) is 2.37. The number of hydrogen-bond donors (Lipinski definition) is 1. The molecule has 1 N–H and O–H groups in total. The zero-order chi connectivity index (χ0) is 13.1. The van der Waals surface area contributed by atoms with E-state index in [-0.39, 0.29) is 5.75 Å². The number of aromatic hydroxyl groups is 1. The molecule has 1 aliphatic heterocycles. The van der Waals surface area contributed by atoms with Gasteiger partial charge in [-0.15, -0.1) is 0 Å². The number of benzene rings is 1. The first kappa shape index (κ1) is 13.2. The quantitative estimate of drug-likeness (QED) is 0.886. The van der Waals surface area contributed by atoms with E-state index in [1.807, 2.05) is 12.1 Å². The third kappa shape index (κ3) is 2.76. The van der Waals surface area contributed by atoms with Gasteiger partial charge >= 0.3 is 0 Å². The fourth-order valence-corrected chi connectivity index (χ4v) is 2.37. The molecule has 100 valence electrons. The van der Waals surface area contributed by atoms with Crippen LogP contribution in [-0.2, 0) is 0 Å². The third-order valence-corrected chi connectivity index (χ3v) is 3.77. The van der Waals surface area contributed by atoms with Gasteiger partial charge in [-0.05, 0) is 31.7 Å². The van der Waals surface area contributed by atoms with Gasteiger partial charge < -0.3 is 14.7 Å². The Morgan fingerprint density at radius 3 is 2.50 bits per heavy atom. The van der Waals surface area contributed by atoms with E-state index in [4.69, 9.17) is 4.74 Å². The summed E-state index contributed by atoms with van der Waals surface area (Å²) >= 11 is 0. The highest BCUT2D eigenvalue weighted by Gasteiger charge is 2.20. The summed E-state index contributed by atoms with van der Waals surface area (Å²) in [5.41, 5.74) is 1.19. The van der Waals surface area contributed by atoms with Gasteiger partial charge in [0.1, 0.15) is 0 Å². The first-order valence-corrected chi connectivity index (χ1v) is 6.41. The molecule has 2 rings (SSSR count). The van der Waals surface area contributed by atoms with E-state index in [2.05, 4.69) is 23.8 Å². The molecular weight excluding hydrogens is 228 g/mol. The van der Waals surface area contributed by atoms with Crippen LogP contribution in [0.1, 0.15) is 18.5 Å². The molecule has 1 unspecified atom stereocenters. The van der Waals surface area contributed by atoms with Crippen LogP contribution in [0.5, 0.6) is 11.5 Å². The maximum absolute atomic E-state index is 9.62. The highest BCUT2D eigenvalue weighted by atomic mass is 16.5. The van der Waals surface area contributed by atoms with Gasteiger partial charge in [-0.25, -0.2) is 0 Å². The van der Waals surface area contributed by atoms with Crippen molar-refractivity contribution in [3.8, 4) is 11.5 Å². The molecule has 1 aromatic carbocycles. The van der Waals surface area contributed by atoms with Crippen LogP contribution in [0.25, 0.3) is 0 Å². The van der Waals surface area contributed by atoms with Crippen molar-refractivity contribution in [2.24, 2.45) is 0 Å². The van der Waals surface area contributed by atoms with Crippen LogP contribution in [0.4, 0.5) is 0 Å². The zero-order valence-corrected chi connectivity index (χ0v) is 11.4. The number of nitrogens with zero attached hydrogens (tertiary/aromatic N) is 2. The van der Waals surface area contributed by atoms with Crippen LogP contribution in [0.2, 0.25) is 0 Å². The van der Waals surface area contributed by atoms with Crippen LogP contribution in [0.15, 0.2) is 18.2 Å². The smallest absolute Gasteiger partial charge is 0.160 e. The number of likely N-dealkylation sites (N-methyl/N-ethyl adjacent to an activating group) is 1. The molecule has 0 amide bonds. The SMILES string of the molecule is COc1cc(C(C)N2CCN(C)CC2)ccc1O. The largest absolute Gasteiger partial charge is 0.504 e. The molecule has 4 heteroatoms. The molecule has 0 aliphatic carbocycles. The van der Waals surface area contributed by atoms with E-state index in [1.165, 1.54) is 5.56 Å². The second-order valence-corrected chi connectivity index (χ2v) is 4.95. The molecular formula is C14H22N2O2. The van der Waals surface area contributed by atoms with E-state index in [1.54, 1.807) is 13.2 Å². The first-order chi connectivity index (χ1) is 8.61.